The normalized spacial score (nSPS) is 25.8. The molecule has 1 aliphatic heterocycles. The quantitative estimate of drug-likeness (QED) is 0.686. The van der Waals surface area contributed by atoms with Crippen LogP contribution in [0.15, 0.2) is 0 Å². The summed E-state index contributed by atoms with van der Waals surface area (Å²) < 4.78 is 27.9. The van der Waals surface area contributed by atoms with Crippen LogP contribution in [-0.2, 0) is 19.4 Å². The van der Waals surface area contributed by atoms with Crippen molar-refractivity contribution in [3.8, 4) is 0 Å². The molecule has 0 amide bonds. The first kappa shape index (κ1) is 10.5. The molecule has 1 fully saturated rings. The average molecular weight is 208 g/mol. The summed E-state index contributed by atoms with van der Waals surface area (Å²) in [4.78, 5) is 10.5. The van der Waals surface area contributed by atoms with Crippen LogP contribution >= 0.6 is 0 Å². The number of carboxylic acid groups (broad SMARTS) is 1. The summed E-state index contributed by atoms with van der Waals surface area (Å²) in [5, 5.41) is 6.58. The van der Waals surface area contributed by atoms with E-state index in [0.717, 1.165) is 0 Å². The summed E-state index contributed by atoms with van der Waals surface area (Å²) in [5.41, 5.74) is 0. The third-order valence-electron chi connectivity index (χ3n) is 2.19. The molecule has 5 nitrogen and oxygen atoms in total. The van der Waals surface area contributed by atoms with Gasteiger partial charge in [-0.1, -0.05) is 0 Å². The average Bonchev–Trinajstić information content (AvgIpc) is 2.54. The standard InChI is InChI=1S/C7H12O5S/c1-5(7(8)9)13(10,11)6-2-3-12-4-6/h5-6H,2-4H2,1H3,(H,8,9). The first-order valence-electron chi connectivity index (χ1n) is 3.99. The van der Waals surface area contributed by atoms with Crippen LogP contribution < -0.4 is 0 Å². The van der Waals surface area contributed by atoms with Gasteiger partial charge in [0.1, 0.15) is 0 Å². The molecule has 2 unspecified atom stereocenters. The lowest BCUT2D eigenvalue weighted by Crippen LogP contribution is -2.35. The number of carboxylic acids is 1. The van der Waals surface area contributed by atoms with Gasteiger partial charge in [-0.25, -0.2) is 8.42 Å². The summed E-state index contributed by atoms with van der Waals surface area (Å²) in [6, 6.07) is 0. The Morgan fingerprint density at radius 2 is 2.23 bits per heavy atom. The maximum atomic E-state index is 11.5. The van der Waals surface area contributed by atoms with E-state index >= 15 is 0 Å². The Morgan fingerprint density at radius 3 is 2.62 bits per heavy atom. The predicted molar refractivity (Wildman–Crippen MR) is 45.2 cm³/mol. The molecule has 0 aromatic carbocycles. The maximum absolute atomic E-state index is 11.5. The molecule has 0 aromatic heterocycles. The van der Waals surface area contributed by atoms with Crippen LogP contribution in [0, 0.1) is 0 Å². The van der Waals surface area contributed by atoms with Gasteiger partial charge in [0.15, 0.2) is 15.1 Å². The van der Waals surface area contributed by atoms with Crippen molar-refractivity contribution in [3.05, 3.63) is 0 Å². The minimum Gasteiger partial charge on any atom is -0.480 e. The van der Waals surface area contributed by atoms with Crippen molar-refractivity contribution in [2.75, 3.05) is 13.2 Å². The second-order valence-corrected chi connectivity index (χ2v) is 5.61. The molecule has 1 aliphatic rings. The molecule has 0 aromatic rings. The molecule has 0 radical (unpaired) electrons. The fourth-order valence-corrected chi connectivity index (χ4v) is 2.77. The van der Waals surface area contributed by atoms with Crippen LogP contribution in [0.5, 0.6) is 0 Å². The van der Waals surface area contributed by atoms with E-state index in [0.29, 0.717) is 13.0 Å². The lowest BCUT2D eigenvalue weighted by molar-refractivity contribution is -0.136. The van der Waals surface area contributed by atoms with Gasteiger partial charge in [-0.15, -0.1) is 0 Å². The van der Waals surface area contributed by atoms with E-state index in [1.165, 1.54) is 6.92 Å². The summed E-state index contributed by atoms with van der Waals surface area (Å²) in [7, 11) is -3.56. The highest BCUT2D eigenvalue weighted by Crippen LogP contribution is 2.18. The van der Waals surface area contributed by atoms with Crippen molar-refractivity contribution >= 4 is 15.8 Å². The maximum Gasteiger partial charge on any atom is 0.321 e. The fourth-order valence-electron chi connectivity index (χ4n) is 1.20. The largest absolute Gasteiger partial charge is 0.480 e. The van der Waals surface area contributed by atoms with Gasteiger partial charge in [0.2, 0.25) is 0 Å². The number of aliphatic carboxylic acids is 1. The van der Waals surface area contributed by atoms with Crippen molar-refractivity contribution in [1.82, 2.24) is 0 Å². The molecule has 0 saturated carbocycles. The molecule has 76 valence electrons. The first-order chi connectivity index (χ1) is 5.96. The Hall–Kier alpha value is -0.620. The number of ether oxygens (including phenoxy) is 1. The van der Waals surface area contributed by atoms with Gasteiger partial charge in [-0.05, 0) is 13.3 Å². The van der Waals surface area contributed by atoms with Crippen LogP contribution in [-0.4, -0.2) is 43.2 Å². The highest BCUT2D eigenvalue weighted by Gasteiger charge is 2.37. The van der Waals surface area contributed by atoms with Gasteiger partial charge in [-0.2, -0.15) is 0 Å². The third-order valence-corrected chi connectivity index (χ3v) is 4.68. The Bertz CT molecular complexity index is 288. The number of carbonyl (C=O) groups is 1. The van der Waals surface area contributed by atoms with E-state index in [4.69, 9.17) is 9.84 Å². The number of rotatable bonds is 3. The van der Waals surface area contributed by atoms with E-state index in [9.17, 15) is 13.2 Å². The summed E-state index contributed by atoms with van der Waals surface area (Å²) in [6.45, 7) is 1.71. The molecule has 1 heterocycles. The van der Waals surface area contributed by atoms with Crippen molar-refractivity contribution < 1.29 is 23.1 Å². The molecular formula is C7H12O5S. The number of hydrogen-bond donors (Lipinski definition) is 1. The zero-order chi connectivity index (χ0) is 10.1. The second kappa shape index (κ2) is 3.63. The van der Waals surface area contributed by atoms with Gasteiger partial charge in [0, 0.05) is 6.61 Å². The summed E-state index contributed by atoms with van der Waals surface area (Å²) >= 11 is 0. The Labute approximate surface area is 76.6 Å². The topological polar surface area (TPSA) is 80.7 Å². The highest BCUT2D eigenvalue weighted by molar-refractivity contribution is 7.93. The van der Waals surface area contributed by atoms with E-state index in [1.54, 1.807) is 0 Å². The zero-order valence-corrected chi connectivity index (χ0v) is 8.08. The number of hydrogen-bond acceptors (Lipinski definition) is 4. The molecule has 1 N–H and O–H groups in total. The SMILES string of the molecule is CC(C(=O)O)S(=O)(=O)C1CCOC1. The van der Waals surface area contributed by atoms with Gasteiger partial charge < -0.3 is 9.84 Å². The molecule has 0 aliphatic carbocycles. The van der Waals surface area contributed by atoms with Crippen molar-refractivity contribution in [1.29, 1.82) is 0 Å². The third kappa shape index (κ3) is 2.00. The molecule has 0 spiro atoms. The smallest absolute Gasteiger partial charge is 0.321 e. The lowest BCUT2D eigenvalue weighted by Gasteiger charge is -2.12. The number of sulfone groups is 1. The molecule has 1 rings (SSSR count). The van der Waals surface area contributed by atoms with Gasteiger partial charge in [0.25, 0.3) is 0 Å². The second-order valence-electron chi connectivity index (χ2n) is 3.06. The molecule has 2 atom stereocenters. The predicted octanol–water partition coefficient (Wildman–Crippen LogP) is -0.337. The Kier molecular flexibility index (Phi) is 2.92. The monoisotopic (exact) mass is 208 g/mol. The molecule has 13 heavy (non-hydrogen) atoms. The van der Waals surface area contributed by atoms with Crippen molar-refractivity contribution in [2.45, 2.75) is 23.8 Å². The zero-order valence-electron chi connectivity index (χ0n) is 7.26. The van der Waals surface area contributed by atoms with Crippen LogP contribution in [0.1, 0.15) is 13.3 Å². The fraction of sp³-hybridized carbons (Fsp3) is 0.857. The first-order valence-corrected chi connectivity index (χ1v) is 5.60. The Morgan fingerprint density at radius 1 is 1.62 bits per heavy atom. The highest BCUT2D eigenvalue weighted by atomic mass is 32.2. The van der Waals surface area contributed by atoms with Crippen LogP contribution in [0.25, 0.3) is 0 Å². The van der Waals surface area contributed by atoms with Gasteiger partial charge >= 0.3 is 5.97 Å². The van der Waals surface area contributed by atoms with E-state index in [-0.39, 0.29) is 6.61 Å². The van der Waals surface area contributed by atoms with E-state index in [2.05, 4.69) is 0 Å². The summed E-state index contributed by atoms with van der Waals surface area (Å²) in [6.07, 6.45) is 0.403. The van der Waals surface area contributed by atoms with Gasteiger partial charge in [-0.3, -0.25) is 4.79 Å². The lowest BCUT2D eigenvalue weighted by atomic mass is 10.4. The van der Waals surface area contributed by atoms with Crippen LogP contribution in [0.2, 0.25) is 0 Å². The van der Waals surface area contributed by atoms with Crippen molar-refractivity contribution in [2.24, 2.45) is 0 Å². The van der Waals surface area contributed by atoms with Crippen LogP contribution in [0.3, 0.4) is 0 Å². The molecule has 6 heteroatoms. The van der Waals surface area contributed by atoms with Crippen molar-refractivity contribution in [3.63, 3.8) is 0 Å². The molecule has 0 bridgehead atoms. The minimum absolute atomic E-state index is 0.125. The minimum atomic E-state index is -3.56. The van der Waals surface area contributed by atoms with E-state index < -0.39 is 26.3 Å². The summed E-state index contributed by atoms with van der Waals surface area (Å²) in [5.74, 6) is -1.30. The Balaban J connectivity index is 2.81. The molecular weight excluding hydrogens is 196 g/mol. The molecule has 1 saturated heterocycles. The van der Waals surface area contributed by atoms with Crippen LogP contribution in [0.4, 0.5) is 0 Å². The van der Waals surface area contributed by atoms with Gasteiger partial charge in [0.05, 0.1) is 11.9 Å². The van der Waals surface area contributed by atoms with E-state index in [1.807, 2.05) is 0 Å².